The molecule has 0 fully saturated rings. The lowest BCUT2D eigenvalue weighted by Crippen LogP contribution is -1.94. The number of rotatable bonds is 1. The fourth-order valence-electron chi connectivity index (χ4n) is 1.32. The minimum absolute atomic E-state index is 1.01. The summed E-state index contributed by atoms with van der Waals surface area (Å²) in [7, 11) is 1.92. The van der Waals surface area contributed by atoms with Crippen LogP contribution in [-0.4, -0.2) is 20.0 Å². The molecule has 0 unspecified atom stereocenters. The number of hydrogen-bond donors (Lipinski definition) is 1. The van der Waals surface area contributed by atoms with Gasteiger partial charge < -0.3 is 0 Å². The van der Waals surface area contributed by atoms with E-state index < -0.39 is 0 Å². The number of aromatic nitrogens is 4. The van der Waals surface area contributed by atoms with Gasteiger partial charge in [-0.15, -0.1) is 0 Å². The first-order chi connectivity index (χ1) is 5.79. The van der Waals surface area contributed by atoms with Crippen molar-refractivity contribution in [2.45, 2.75) is 6.92 Å². The highest BCUT2D eigenvalue weighted by atomic mass is 15.3. The first kappa shape index (κ1) is 7.09. The van der Waals surface area contributed by atoms with Crippen LogP contribution in [0.4, 0.5) is 0 Å². The second-order valence-electron chi connectivity index (χ2n) is 2.77. The van der Waals surface area contributed by atoms with Gasteiger partial charge in [-0.3, -0.25) is 9.78 Å². The second kappa shape index (κ2) is 2.48. The summed E-state index contributed by atoms with van der Waals surface area (Å²) in [5.41, 5.74) is 3.25. The van der Waals surface area contributed by atoms with Crippen LogP contribution < -0.4 is 0 Å². The molecule has 0 saturated heterocycles. The van der Waals surface area contributed by atoms with E-state index >= 15 is 0 Å². The summed E-state index contributed by atoms with van der Waals surface area (Å²) in [5.74, 6) is 0. The summed E-state index contributed by atoms with van der Waals surface area (Å²) in [6.07, 6.45) is 3.58. The summed E-state index contributed by atoms with van der Waals surface area (Å²) < 4.78 is 1.84. The first-order valence-corrected chi connectivity index (χ1v) is 3.77. The molecule has 0 aromatic carbocycles. The van der Waals surface area contributed by atoms with Gasteiger partial charge in [-0.05, 0) is 18.6 Å². The molecule has 0 amide bonds. The molecule has 62 valence electrons. The third-order valence-corrected chi connectivity index (χ3v) is 1.88. The minimum Gasteiger partial charge on any atom is -0.276 e. The van der Waals surface area contributed by atoms with Gasteiger partial charge in [0, 0.05) is 13.2 Å². The molecule has 12 heavy (non-hydrogen) atoms. The molecule has 0 spiro atoms. The van der Waals surface area contributed by atoms with Gasteiger partial charge in [0.1, 0.15) is 0 Å². The molecule has 0 saturated carbocycles. The maximum Gasteiger partial charge on any atom is 0.0886 e. The Bertz CT molecular complexity index is 352. The third-order valence-electron chi connectivity index (χ3n) is 1.88. The molecule has 4 nitrogen and oxygen atoms in total. The normalized spacial score (nSPS) is 10.5. The van der Waals surface area contributed by atoms with Crippen molar-refractivity contribution in [3.8, 4) is 11.4 Å². The van der Waals surface area contributed by atoms with Crippen LogP contribution in [0, 0.1) is 6.92 Å². The molecule has 0 aliphatic carbocycles. The monoisotopic (exact) mass is 162 g/mol. The van der Waals surface area contributed by atoms with Crippen LogP contribution in [0.25, 0.3) is 11.4 Å². The summed E-state index contributed by atoms with van der Waals surface area (Å²) in [4.78, 5) is 0. The molecule has 2 heterocycles. The highest BCUT2D eigenvalue weighted by molar-refractivity contribution is 5.57. The SMILES string of the molecule is Cc1cnn(C)c1-c1ccn[nH]1. The lowest BCUT2D eigenvalue weighted by molar-refractivity contribution is 0.772. The van der Waals surface area contributed by atoms with Crippen LogP contribution in [0.1, 0.15) is 5.56 Å². The molecular formula is C8H10N4. The van der Waals surface area contributed by atoms with Gasteiger partial charge in [0.15, 0.2) is 0 Å². The minimum atomic E-state index is 1.01. The van der Waals surface area contributed by atoms with Gasteiger partial charge in [0.05, 0.1) is 17.6 Å². The number of nitrogens with zero attached hydrogens (tertiary/aromatic N) is 3. The number of aromatic amines is 1. The van der Waals surface area contributed by atoms with Crippen molar-refractivity contribution in [2.75, 3.05) is 0 Å². The Morgan fingerprint density at radius 1 is 1.50 bits per heavy atom. The number of aryl methyl sites for hydroxylation is 2. The zero-order chi connectivity index (χ0) is 8.55. The van der Waals surface area contributed by atoms with Crippen molar-refractivity contribution < 1.29 is 0 Å². The Labute approximate surface area is 70.2 Å². The molecule has 2 aromatic rings. The van der Waals surface area contributed by atoms with E-state index in [1.807, 2.05) is 30.9 Å². The molecule has 0 aliphatic heterocycles. The van der Waals surface area contributed by atoms with Crippen LogP contribution in [0.15, 0.2) is 18.5 Å². The Morgan fingerprint density at radius 3 is 2.83 bits per heavy atom. The standard InChI is InChI=1S/C8H10N4/c1-6-5-10-12(2)8(6)7-3-4-9-11-7/h3-5H,1-2H3,(H,9,11). The molecule has 0 radical (unpaired) electrons. The fraction of sp³-hybridized carbons (Fsp3) is 0.250. The number of nitrogens with one attached hydrogen (secondary N) is 1. The molecule has 0 atom stereocenters. The lowest BCUT2D eigenvalue weighted by Gasteiger charge is -1.98. The molecule has 2 rings (SSSR count). The van der Waals surface area contributed by atoms with E-state index in [1.54, 1.807) is 6.20 Å². The van der Waals surface area contributed by atoms with Gasteiger partial charge in [-0.1, -0.05) is 0 Å². The number of hydrogen-bond acceptors (Lipinski definition) is 2. The van der Waals surface area contributed by atoms with Crippen molar-refractivity contribution in [1.29, 1.82) is 0 Å². The topological polar surface area (TPSA) is 46.5 Å². The zero-order valence-electron chi connectivity index (χ0n) is 7.07. The van der Waals surface area contributed by atoms with Crippen molar-refractivity contribution >= 4 is 0 Å². The summed E-state index contributed by atoms with van der Waals surface area (Å²) in [5, 5.41) is 10.9. The molecule has 0 bridgehead atoms. The lowest BCUT2D eigenvalue weighted by atomic mass is 10.2. The smallest absolute Gasteiger partial charge is 0.0886 e. The molecule has 2 aromatic heterocycles. The van der Waals surface area contributed by atoms with Crippen LogP contribution in [-0.2, 0) is 7.05 Å². The van der Waals surface area contributed by atoms with E-state index in [2.05, 4.69) is 15.3 Å². The largest absolute Gasteiger partial charge is 0.276 e. The molecule has 4 heteroatoms. The Balaban J connectivity index is 2.60. The first-order valence-electron chi connectivity index (χ1n) is 3.77. The molecular weight excluding hydrogens is 152 g/mol. The number of H-pyrrole nitrogens is 1. The maximum atomic E-state index is 4.14. The fourth-order valence-corrected chi connectivity index (χ4v) is 1.32. The van der Waals surface area contributed by atoms with Gasteiger partial charge in [-0.2, -0.15) is 10.2 Å². The van der Waals surface area contributed by atoms with Crippen LogP contribution >= 0.6 is 0 Å². The quantitative estimate of drug-likeness (QED) is 0.683. The van der Waals surface area contributed by atoms with Gasteiger partial charge >= 0.3 is 0 Å². The average Bonchev–Trinajstić information content (AvgIpc) is 2.61. The zero-order valence-corrected chi connectivity index (χ0v) is 7.07. The van der Waals surface area contributed by atoms with E-state index in [0.717, 1.165) is 17.0 Å². The van der Waals surface area contributed by atoms with Crippen LogP contribution in [0.3, 0.4) is 0 Å². The van der Waals surface area contributed by atoms with Crippen molar-refractivity contribution in [2.24, 2.45) is 7.05 Å². The van der Waals surface area contributed by atoms with Gasteiger partial charge in [-0.25, -0.2) is 0 Å². The molecule has 1 N–H and O–H groups in total. The van der Waals surface area contributed by atoms with Crippen LogP contribution in [0.5, 0.6) is 0 Å². The molecule has 0 aliphatic rings. The van der Waals surface area contributed by atoms with E-state index in [-0.39, 0.29) is 0 Å². The predicted molar refractivity (Wildman–Crippen MR) is 45.5 cm³/mol. The van der Waals surface area contributed by atoms with Gasteiger partial charge in [0.2, 0.25) is 0 Å². The highest BCUT2D eigenvalue weighted by Gasteiger charge is 2.07. The highest BCUT2D eigenvalue weighted by Crippen LogP contribution is 2.18. The van der Waals surface area contributed by atoms with Crippen molar-refractivity contribution in [3.63, 3.8) is 0 Å². The Morgan fingerprint density at radius 2 is 2.33 bits per heavy atom. The van der Waals surface area contributed by atoms with Crippen molar-refractivity contribution in [3.05, 3.63) is 24.0 Å². The Hall–Kier alpha value is -1.58. The van der Waals surface area contributed by atoms with Gasteiger partial charge in [0.25, 0.3) is 0 Å². The summed E-state index contributed by atoms with van der Waals surface area (Å²) in [6.45, 7) is 2.03. The second-order valence-corrected chi connectivity index (χ2v) is 2.77. The van der Waals surface area contributed by atoms with Crippen LogP contribution in [0.2, 0.25) is 0 Å². The maximum absolute atomic E-state index is 4.14. The third kappa shape index (κ3) is 0.922. The Kier molecular flexibility index (Phi) is 1.46. The van der Waals surface area contributed by atoms with Crippen molar-refractivity contribution in [1.82, 2.24) is 20.0 Å². The summed E-state index contributed by atoms with van der Waals surface area (Å²) >= 11 is 0. The average molecular weight is 162 g/mol. The van der Waals surface area contributed by atoms with E-state index in [1.165, 1.54) is 0 Å². The van der Waals surface area contributed by atoms with E-state index in [9.17, 15) is 0 Å². The predicted octanol–water partition coefficient (Wildman–Crippen LogP) is 1.12. The summed E-state index contributed by atoms with van der Waals surface area (Å²) in [6, 6.07) is 1.93. The van der Waals surface area contributed by atoms with E-state index in [4.69, 9.17) is 0 Å². The van der Waals surface area contributed by atoms with E-state index in [0.29, 0.717) is 0 Å².